The van der Waals surface area contributed by atoms with Crippen molar-refractivity contribution in [2.24, 2.45) is 5.84 Å². The number of unbranched alkanes of at least 4 members (excludes halogenated alkanes) is 1. The molecule has 1 rings (SSSR count). The van der Waals surface area contributed by atoms with Crippen LogP contribution in [0.2, 0.25) is 0 Å². The summed E-state index contributed by atoms with van der Waals surface area (Å²) in [5.74, 6) is 5.28. The maximum absolute atomic E-state index is 12.1. The Kier molecular flexibility index (Phi) is 8.16. The summed E-state index contributed by atoms with van der Waals surface area (Å²) >= 11 is 0. The highest BCUT2D eigenvalue weighted by molar-refractivity contribution is 7.89. The number of ether oxygens (including phenoxy) is 2. The number of aromatic nitrogens is 1. The van der Waals surface area contributed by atoms with Crippen LogP contribution in [0.3, 0.4) is 0 Å². The molecule has 0 unspecified atom stereocenters. The lowest BCUT2D eigenvalue weighted by molar-refractivity contribution is 0.0689. The molecule has 0 fully saturated rings. The Bertz CT molecular complexity index is 510. The van der Waals surface area contributed by atoms with Gasteiger partial charge in [0.15, 0.2) is 0 Å². The number of nitrogens with zero attached hydrogens (tertiary/aromatic N) is 1. The summed E-state index contributed by atoms with van der Waals surface area (Å²) in [5.41, 5.74) is 2.65. The Morgan fingerprint density at radius 1 is 1.29 bits per heavy atom. The maximum Gasteiger partial charge on any atom is 0.244 e. The van der Waals surface area contributed by atoms with Gasteiger partial charge in [-0.25, -0.2) is 13.1 Å². The fraction of sp³-hybridized carbons (Fsp3) is 0.583. The molecule has 120 valence electrons. The molecule has 0 aliphatic heterocycles. The molecule has 8 nitrogen and oxygen atoms in total. The van der Waals surface area contributed by atoms with E-state index in [9.17, 15) is 8.42 Å². The van der Waals surface area contributed by atoms with Crippen LogP contribution in [0.5, 0.6) is 0 Å². The zero-order valence-electron chi connectivity index (χ0n) is 12.0. The van der Waals surface area contributed by atoms with E-state index in [4.69, 9.17) is 15.3 Å². The predicted octanol–water partition coefficient (Wildman–Crippen LogP) is 0.0887. The van der Waals surface area contributed by atoms with E-state index in [1.165, 1.54) is 18.5 Å². The summed E-state index contributed by atoms with van der Waals surface area (Å²) in [6, 6.07) is 1.50. The number of sulfonamides is 1. The van der Waals surface area contributed by atoms with Gasteiger partial charge >= 0.3 is 0 Å². The number of hydrazine groups is 1. The lowest BCUT2D eigenvalue weighted by atomic mass is 10.3. The van der Waals surface area contributed by atoms with Gasteiger partial charge in [0.2, 0.25) is 10.0 Å². The molecular weight excluding hydrogens is 296 g/mol. The van der Waals surface area contributed by atoms with Gasteiger partial charge in [0.05, 0.1) is 18.9 Å². The zero-order chi connectivity index (χ0) is 15.6. The van der Waals surface area contributed by atoms with Crippen molar-refractivity contribution >= 4 is 15.7 Å². The van der Waals surface area contributed by atoms with Crippen molar-refractivity contribution < 1.29 is 17.9 Å². The van der Waals surface area contributed by atoms with Crippen LogP contribution in [0.15, 0.2) is 23.4 Å². The standard InChI is InChI=1S/C12H22N4O4S/c1-19-8-9-20-7-3-2-5-15-21(17,18)12-10-14-6-4-11(12)16-13/h4,6,10,15H,2-3,5,7-9,13H2,1H3,(H,14,16). The quantitative estimate of drug-likeness (QED) is 0.301. The predicted molar refractivity (Wildman–Crippen MR) is 79.2 cm³/mol. The minimum absolute atomic E-state index is 0.0313. The summed E-state index contributed by atoms with van der Waals surface area (Å²) < 4.78 is 36.8. The van der Waals surface area contributed by atoms with Crippen molar-refractivity contribution in [3.63, 3.8) is 0 Å². The molecule has 0 spiro atoms. The van der Waals surface area contributed by atoms with Crippen molar-refractivity contribution in [3.05, 3.63) is 18.5 Å². The lowest BCUT2D eigenvalue weighted by Gasteiger charge is -2.10. The van der Waals surface area contributed by atoms with E-state index in [-0.39, 0.29) is 4.90 Å². The third-order valence-electron chi connectivity index (χ3n) is 2.67. The molecule has 0 atom stereocenters. The summed E-state index contributed by atoms with van der Waals surface area (Å²) in [5, 5.41) is 0. The highest BCUT2D eigenvalue weighted by Gasteiger charge is 2.17. The van der Waals surface area contributed by atoms with Crippen molar-refractivity contribution in [2.45, 2.75) is 17.7 Å². The maximum atomic E-state index is 12.1. The van der Waals surface area contributed by atoms with Crippen LogP contribution < -0.4 is 16.0 Å². The smallest absolute Gasteiger partial charge is 0.244 e. The van der Waals surface area contributed by atoms with Crippen LogP contribution in [-0.4, -0.2) is 46.9 Å². The molecule has 1 heterocycles. The van der Waals surface area contributed by atoms with E-state index < -0.39 is 10.0 Å². The van der Waals surface area contributed by atoms with Gasteiger partial charge in [0, 0.05) is 32.7 Å². The van der Waals surface area contributed by atoms with Gasteiger partial charge in [-0.2, -0.15) is 0 Å². The third-order valence-corrected chi connectivity index (χ3v) is 4.16. The topological polar surface area (TPSA) is 116 Å². The molecule has 4 N–H and O–H groups in total. The normalized spacial score (nSPS) is 11.5. The molecule has 0 saturated carbocycles. The second kappa shape index (κ2) is 9.64. The Morgan fingerprint density at radius 3 is 2.81 bits per heavy atom. The van der Waals surface area contributed by atoms with Crippen molar-refractivity contribution in [1.29, 1.82) is 0 Å². The van der Waals surface area contributed by atoms with Crippen molar-refractivity contribution in [2.75, 3.05) is 38.9 Å². The number of nitrogens with one attached hydrogen (secondary N) is 2. The first-order valence-electron chi connectivity index (χ1n) is 6.59. The van der Waals surface area contributed by atoms with Crippen LogP contribution in [0.1, 0.15) is 12.8 Å². The number of methoxy groups -OCH3 is 1. The van der Waals surface area contributed by atoms with Gasteiger partial charge in [-0.1, -0.05) is 0 Å². The fourth-order valence-corrected chi connectivity index (χ4v) is 2.76. The second-order valence-corrected chi connectivity index (χ2v) is 5.96. The molecule has 9 heteroatoms. The van der Waals surface area contributed by atoms with Crippen LogP contribution in [-0.2, 0) is 19.5 Å². The molecule has 1 aromatic rings. The third kappa shape index (κ3) is 6.36. The number of nitrogen functional groups attached to an aromatic ring is 1. The number of nitrogens with two attached hydrogens (primary N) is 1. The monoisotopic (exact) mass is 318 g/mol. The van der Waals surface area contributed by atoms with E-state index in [0.29, 0.717) is 38.5 Å². The number of anilines is 1. The second-order valence-electron chi connectivity index (χ2n) is 4.23. The highest BCUT2D eigenvalue weighted by Crippen LogP contribution is 2.17. The average molecular weight is 318 g/mol. The van der Waals surface area contributed by atoms with Crippen LogP contribution >= 0.6 is 0 Å². The molecule has 0 aromatic carbocycles. The summed E-state index contributed by atoms with van der Waals surface area (Å²) in [4.78, 5) is 3.83. The minimum Gasteiger partial charge on any atom is -0.382 e. The molecular formula is C12H22N4O4S. The summed E-state index contributed by atoms with van der Waals surface area (Å²) in [6.45, 7) is 2.01. The largest absolute Gasteiger partial charge is 0.382 e. The van der Waals surface area contributed by atoms with Gasteiger partial charge in [0.25, 0.3) is 0 Å². The van der Waals surface area contributed by atoms with Gasteiger partial charge in [-0.15, -0.1) is 0 Å². The first kappa shape index (κ1) is 17.8. The van der Waals surface area contributed by atoms with Crippen LogP contribution in [0, 0.1) is 0 Å². The fourth-order valence-electron chi connectivity index (χ4n) is 1.57. The van der Waals surface area contributed by atoms with Gasteiger partial charge < -0.3 is 14.9 Å². The Balaban J connectivity index is 2.33. The van der Waals surface area contributed by atoms with E-state index in [1.807, 2.05) is 0 Å². The molecule has 0 bridgehead atoms. The molecule has 1 aromatic heterocycles. The number of hydrogen-bond acceptors (Lipinski definition) is 7. The van der Waals surface area contributed by atoms with E-state index in [1.54, 1.807) is 7.11 Å². The molecule has 21 heavy (non-hydrogen) atoms. The Morgan fingerprint density at radius 2 is 2.10 bits per heavy atom. The molecule has 0 radical (unpaired) electrons. The molecule has 0 aliphatic carbocycles. The first-order chi connectivity index (χ1) is 10.1. The highest BCUT2D eigenvalue weighted by atomic mass is 32.2. The van der Waals surface area contributed by atoms with Gasteiger partial charge in [-0.3, -0.25) is 10.8 Å². The van der Waals surface area contributed by atoms with Crippen molar-refractivity contribution in [1.82, 2.24) is 9.71 Å². The SMILES string of the molecule is COCCOCCCCNS(=O)(=O)c1cnccc1NN. The van der Waals surface area contributed by atoms with E-state index >= 15 is 0 Å². The molecule has 0 aliphatic rings. The van der Waals surface area contributed by atoms with Crippen molar-refractivity contribution in [3.8, 4) is 0 Å². The van der Waals surface area contributed by atoms with Gasteiger partial charge in [0.1, 0.15) is 4.90 Å². The van der Waals surface area contributed by atoms with E-state index in [2.05, 4.69) is 15.1 Å². The first-order valence-corrected chi connectivity index (χ1v) is 8.07. The van der Waals surface area contributed by atoms with Gasteiger partial charge in [-0.05, 0) is 18.9 Å². The molecule has 0 saturated heterocycles. The number of hydrogen-bond donors (Lipinski definition) is 3. The summed E-state index contributed by atoms with van der Waals surface area (Å²) in [6.07, 6.45) is 4.16. The molecule has 0 amide bonds. The number of rotatable bonds is 11. The lowest BCUT2D eigenvalue weighted by Crippen LogP contribution is -2.26. The summed E-state index contributed by atoms with van der Waals surface area (Å²) in [7, 11) is -2.01. The zero-order valence-corrected chi connectivity index (χ0v) is 12.9. The van der Waals surface area contributed by atoms with Crippen LogP contribution in [0.4, 0.5) is 5.69 Å². The van der Waals surface area contributed by atoms with Crippen LogP contribution in [0.25, 0.3) is 0 Å². The Labute approximate surface area is 125 Å². The average Bonchev–Trinajstić information content (AvgIpc) is 2.50. The van der Waals surface area contributed by atoms with E-state index in [0.717, 1.165) is 6.42 Å². The Hall–Kier alpha value is -1.26. The number of pyridine rings is 1. The minimum atomic E-state index is -3.62.